The largest absolute Gasteiger partial charge is 0.493 e. The predicted octanol–water partition coefficient (Wildman–Crippen LogP) is 2.92. The van der Waals surface area contributed by atoms with Crippen LogP contribution < -0.4 is 15.4 Å². The number of nitrogens with one attached hydrogen (secondary N) is 2. The molecule has 0 bridgehead atoms. The summed E-state index contributed by atoms with van der Waals surface area (Å²) in [7, 11) is 1.63. The Morgan fingerprint density at radius 3 is 2.74 bits per heavy atom. The van der Waals surface area contributed by atoms with Gasteiger partial charge in [-0.05, 0) is 35.4 Å². The Balaban J connectivity index is 1.61. The van der Waals surface area contributed by atoms with E-state index in [-0.39, 0.29) is 5.91 Å². The summed E-state index contributed by atoms with van der Waals surface area (Å²) in [4.78, 5) is 11.5. The van der Waals surface area contributed by atoms with Crippen molar-refractivity contribution in [2.75, 3.05) is 13.7 Å². The number of rotatable bonds is 5. The molecule has 2 N–H and O–H groups in total. The molecule has 3 rings (SSSR count). The van der Waals surface area contributed by atoms with Crippen LogP contribution in [0.25, 0.3) is 0 Å². The SMILES string of the molecule is CNC(=O)c1ccc(CNCc2cc(Cl)cc3c2OCC3)cc1. The highest BCUT2D eigenvalue weighted by Gasteiger charge is 2.17. The number of carbonyl (C=O) groups is 1. The molecule has 1 aliphatic rings. The second-order valence-corrected chi connectivity index (χ2v) is 5.97. The van der Waals surface area contributed by atoms with Crippen LogP contribution in [0, 0.1) is 0 Å². The molecule has 0 saturated heterocycles. The number of benzene rings is 2. The van der Waals surface area contributed by atoms with Crippen molar-refractivity contribution >= 4 is 17.5 Å². The van der Waals surface area contributed by atoms with Gasteiger partial charge in [0.05, 0.1) is 6.61 Å². The lowest BCUT2D eigenvalue weighted by Crippen LogP contribution is -2.18. The van der Waals surface area contributed by atoms with Crippen LogP contribution in [0.5, 0.6) is 5.75 Å². The summed E-state index contributed by atoms with van der Waals surface area (Å²) in [5.41, 5.74) is 4.06. The first-order chi connectivity index (χ1) is 11.2. The van der Waals surface area contributed by atoms with Gasteiger partial charge in [-0.2, -0.15) is 0 Å². The second kappa shape index (κ2) is 7.02. The van der Waals surface area contributed by atoms with E-state index in [2.05, 4.69) is 10.6 Å². The highest BCUT2D eigenvalue weighted by atomic mass is 35.5. The molecule has 2 aromatic rings. The van der Waals surface area contributed by atoms with Gasteiger partial charge in [0.2, 0.25) is 0 Å². The average molecular weight is 331 g/mol. The molecule has 0 saturated carbocycles. The first kappa shape index (κ1) is 15.8. The molecule has 4 nitrogen and oxygen atoms in total. The Morgan fingerprint density at radius 1 is 1.22 bits per heavy atom. The monoisotopic (exact) mass is 330 g/mol. The number of ether oxygens (including phenoxy) is 1. The van der Waals surface area contributed by atoms with E-state index >= 15 is 0 Å². The summed E-state index contributed by atoms with van der Waals surface area (Å²) >= 11 is 6.16. The van der Waals surface area contributed by atoms with E-state index in [4.69, 9.17) is 16.3 Å². The molecule has 0 radical (unpaired) electrons. The first-order valence-corrected chi connectivity index (χ1v) is 8.01. The highest BCUT2D eigenvalue weighted by Crippen LogP contribution is 2.32. The van der Waals surface area contributed by atoms with Crippen molar-refractivity contribution in [3.05, 3.63) is 63.7 Å². The lowest BCUT2D eigenvalue weighted by Gasteiger charge is -2.10. The van der Waals surface area contributed by atoms with Crippen LogP contribution in [0.3, 0.4) is 0 Å². The molecule has 0 spiro atoms. The standard InChI is InChI=1S/C18H19ClN2O2/c1-20-18(22)13-4-2-12(3-5-13)10-21-11-15-9-16(19)8-14-6-7-23-17(14)15/h2-5,8-9,21H,6-7,10-11H2,1H3,(H,20,22). The van der Waals surface area contributed by atoms with Gasteiger partial charge >= 0.3 is 0 Å². The molecule has 120 valence electrons. The molecular weight excluding hydrogens is 312 g/mol. The summed E-state index contributed by atoms with van der Waals surface area (Å²) in [6.45, 7) is 2.14. The first-order valence-electron chi connectivity index (χ1n) is 7.63. The number of fused-ring (bicyclic) bond motifs is 1. The molecule has 1 amide bonds. The lowest BCUT2D eigenvalue weighted by molar-refractivity contribution is 0.0963. The van der Waals surface area contributed by atoms with Gasteiger partial charge < -0.3 is 15.4 Å². The molecule has 5 heteroatoms. The van der Waals surface area contributed by atoms with E-state index in [0.717, 1.165) is 41.5 Å². The fourth-order valence-electron chi connectivity index (χ4n) is 2.74. The summed E-state index contributed by atoms with van der Waals surface area (Å²) in [5.74, 6) is 0.896. The van der Waals surface area contributed by atoms with Crippen LogP contribution in [-0.2, 0) is 19.5 Å². The zero-order valence-corrected chi connectivity index (χ0v) is 13.7. The number of halogens is 1. The van der Waals surface area contributed by atoms with Crippen molar-refractivity contribution in [2.45, 2.75) is 19.5 Å². The summed E-state index contributed by atoms with van der Waals surface area (Å²) in [5, 5.41) is 6.76. The van der Waals surface area contributed by atoms with E-state index in [9.17, 15) is 4.79 Å². The van der Waals surface area contributed by atoms with Crippen LogP contribution in [0.2, 0.25) is 5.02 Å². The maximum absolute atomic E-state index is 11.5. The van der Waals surface area contributed by atoms with Crippen molar-refractivity contribution in [1.82, 2.24) is 10.6 Å². The lowest BCUT2D eigenvalue weighted by atomic mass is 10.1. The van der Waals surface area contributed by atoms with Crippen molar-refractivity contribution in [3.8, 4) is 5.75 Å². The third-order valence-electron chi connectivity index (χ3n) is 3.91. The van der Waals surface area contributed by atoms with Gasteiger partial charge in [0.1, 0.15) is 5.75 Å². The van der Waals surface area contributed by atoms with Gasteiger partial charge in [-0.15, -0.1) is 0 Å². The minimum Gasteiger partial charge on any atom is -0.493 e. The minimum atomic E-state index is -0.0730. The fourth-order valence-corrected chi connectivity index (χ4v) is 3.00. The molecule has 0 fully saturated rings. The quantitative estimate of drug-likeness (QED) is 0.886. The van der Waals surface area contributed by atoms with Crippen molar-refractivity contribution < 1.29 is 9.53 Å². The Hall–Kier alpha value is -2.04. The predicted molar refractivity (Wildman–Crippen MR) is 91.0 cm³/mol. The molecule has 0 atom stereocenters. The van der Waals surface area contributed by atoms with E-state index in [1.165, 1.54) is 5.56 Å². The highest BCUT2D eigenvalue weighted by molar-refractivity contribution is 6.30. The third kappa shape index (κ3) is 3.66. The molecule has 0 unspecified atom stereocenters. The smallest absolute Gasteiger partial charge is 0.251 e. The molecule has 1 aliphatic heterocycles. The number of hydrogen-bond donors (Lipinski definition) is 2. The van der Waals surface area contributed by atoms with Gasteiger partial charge in [-0.1, -0.05) is 23.7 Å². The van der Waals surface area contributed by atoms with Gasteiger partial charge in [0.15, 0.2) is 0 Å². The van der Waals surface area contributed by atoms with Crippen LogP contribution >= 0.6 is 11.6 Å². The second-order valence-electron chi connectivity index (χ2n) is 5.53. The molecule has 23 heavy (non-hydrogen) atoms. The fraction of sp³-hybridized carbons (Fsp3) is 0.278. The van der Waals surface area contributed by atoms with Gasteiger partial charge in [0.25, 0.3) is 5.91 Å². The molecule has 0 aromatic heterocycles. The van der Waals surface area contributed by atoms with Crippen LogP contribution in [0.15, 0.2) is 36.4 Å². The van der Waals surface area contributed by atoms with Crippen molar-refractivity contribution in [2.24, 2.45) is 0 Å². The van der Waals surface area contributed by atoms with E-state index < -0.39 is 0 Å². The van der Waals surface area contributed by atoms with Gasteiger partial charge in [-0.25, -0.2) is 0 Å². The molecule has 1 heterocycles. The third-order valence-corrected chi connectivity index (χ3v) is 4.13. The number of amides is 1. The van der Waals surface area contributed by atoms with E-state index in [1.807, 2.05) is 36.4 Å². The maximum Gasteiger partial charge on any atom is 0.251 e. The number of carbonyl (C=O) groups excluding carboxylic acids is 1. The van der Waals surface area contributed by atoms with Crippen molar-refractivity contribution in [1.29, 1.82) is 0 Å². The number of hydrogen-bond acceptors (Lipinski definition) is 3. The zero-order valence-electron chi connectivity index (χ0n) is 13.0. The minimum absolute atomic E-state index is 0.0730. The molecule has 0 aliphatic carbocycles. The summed E-state index contributed by atoms with van der Waals surface area (Å²) in [6, 6.07) is 11.5. The molecular formula is C18H19ClN2O2. The van der Waals surface area contributed by atoms with Gasteiger partial charge in [-0.3, -0.25) is 4.79 Å². The van der Waals surface area contributed by atoms with Crippen LogP contribution in [-0.4, -0.2) is 19.6 Å². The van der Waals surface area contributed by atoms with Crippen LogP contribution in [0.1, 0.15) is 27.0 Å². The van der Waals surface area contributed by atoms with Crippen LogP contribution in [0.4, 0.5) is 0 Å². The average Bonchev–Trinajstić information content (AvgIpc) is 3.03. The Kier molecular flexibility index (Phi) is 4.84. The zero-order chi connectivity index (χ0) is 16.2. The van der Waals surface area contributed by atoms with E-state index in [1.54, 1.807) is 7.05 Å². The molecule has 2 aromatic carbocycles. The summed E-state index contributed by atoms with van der Waals surface area (Å²) < 4.78 is 5.70. The maximum atomic E-state index is 11.5. The van der Waals surface area contributed by atoms with E-state index in [0.29, 0.717) is 12.1 Å². The van der Waals surface area contributed by atoms with Gasteiger partial charge in [0, 0.05) is 42.7 Å². The Labute approximate surface area is 140 Å². The Morgan fingerprint density at radius 2 is 2.00 bits per heavy atom. The van der Waals surface area contributed by atoms with Crippen molar-refractivity contribution in [3.63, 3.8) is 0 Å². The summed E-state index contributed by atoms with van der Waals surface area (Å²) in [6.07, 6.45) is 0.920. The normalized spacial score (nSPS) is 12.6. The Bertz CT molecular complexity index is 714. The topological polar surface area (TPSA) is 50.4 Å².